The third kappa shape index (κ3) is 3.97. The summed E-state index contributed by atoms with van der Waals surface area (Å²) in [5.74, 6) is -0.323. The number of halogens is 1. The van der Waals surface area contributed by atoms with Gasteiger partial charge >= 0.3 is 13.1 Å². The zero-order chi connectivity index (χ0) is 18.5. The lowest BCUT2D eigenvalue weighted by molar-refractivity contribution is 0.00578. The van der Waals surface area contributed by atoms with Crippen molar-refractivity contribution in [3.63, 3.8) is 0 Å². The molecule has 4 nitrogen and oxygen atoms in total. The fraction of sp³-hybridized carbons (Fsp3) is 0.611. The van der Waals surface area contributed by atoms with Crippen LogP contribution in [-0.4, -0.2) is 29.9 Å². The van der Waals surface area contributed by atoms with E-state index in [0.717, 1.165) is 14.6 Å². The number of rotatable bonds is 2. The summed E-state index contributed by atoms with van der Waals surface area (Å²) < 4.78 is 18.7. The van der Waals surface area contributed by atoms with Crippen molar-refractivity contribution in [2.75, 3.05) is 0 Å². The fourth-order valence-corrected chi connectivity index (χ4v) is 3.01. The van der Waals surface area contributed by atoms with Crippen molar-refractivity contribution in [3.8, 4) is 0 Å². The highest BCUT2D eigenvalue weighted by Crippen LogP contribution is 2.36. The number of carbonyl (C=O) groups is 1. The van der Waals surface area contributed by atoms with Crippen LogP contribution >= 0.6 is 22.6 Å². The molecular formula is C18H26BIO4. The molecule has 0 atom stereocenters. The topological polar surface area (TPSA) is 44.8 Å². The summed E-state index contributed by atoms with van der Waals surface area (Å²) in [5, 5.41) is 0. The molecule has 0 radical (unpaired) electrons. The van der Waals surface area contributed by atoms with Crippen LogP contribution in [0.25, 0.3) is 0 Å². The molecule has 0 aliphatic carbocycles. The Morgan fingerprint density at radius 3 is 2.08 bits per heavy atom. The first-order valence-electron chi connectivity index (χ1n) is 8.12. The number of ether oxygens (including phenoxy) is 1. The molecule has 1 fully saturated rings. The maximum atomic E-state index is 12.5. The monoisotopic (exact) mass is 444 g/mol. The van der Waals surface area contributed by atoms with Crippen molar-refractivity contribution >= 4 is 41.1 Å². The molecule has 1 aromatic rings. The first-order valence-corrected chi connectivity index (χ1v) is 9.20. The van der Waals surface area contributed by atoms with E-state index in [4.69, 9.17) is 14.0 Å². The second-order valence-electron chi connectivity index (χ2n) is 8.27. The van der Waals surface area contributed by atoms with Crippen molar-refractivity contribution in [1.82, 2.24) is 0 Å². The maximum absolute atomic E-state index is 12.5. The quantitative estimate of drug-likeness (QED) is 0.395. The average molecular weight is 444 g/mol. The Bertz CT molecular complexity index is 646. The largest absolute Gasteiger partial charge is 0.494 e. The highest BCUT2D eigenvalue weighted by molar-refractivity contribution is 14.1. The van der Waals surface area contributed by atoms with Crippen LogP contribution in [0.3, 0.4) is 0 Å². The van der Waals surface area contributed by atoms with E-state index in [0.29, 0.717) is 5.56 Å². The van der Waals surface area contributed by atoms with Gasteiger partial charge in [-0.1, -0.05) is 0 Å². The Labute approximate surface area is 158 Å². The molecule has 0 bridgehead atoms. The van der Waals surface area contributed by atoms with Crippen LogP contribution in [0.1, 0.15) is 64.4 Å². The van der Waals surface area contributed by atoms with Gasteiger partial charge in [-0.2, -0.15) is 0 Å². The van der Waals surface area contributed by atoms with Crippen molar-refractivity contribution in [3.05, 3.63) is 26.8 Å². The van der Waals surface area contributed by atoms with Gasteiger partial charge in [0.1, 0.15) is 5.60 Å². The predicted molar refractivity (Wildman–Crippen MR) is 105 cm³/mol. The molecule has 6 heteroatoms. The van der Waals surface area contributed by atoms with Crippen molar-refractivity contribution < 1.29 is 18.8 Å². The maximum Gasteiger partial charge on any atom is 0.494 e. The van der Waals surface area contributed by atoms with Crippen LogP contribution in [0.2, 0.25) is 0 Å². The van der Waals surface area contributed by atoms with Gasteiger partial charge in [0.15, 0.2) is 0 Å². The van der Waals surface area contributed by atoms with Gasteiger partial charge in [-0.15, -0.1) is 0 Å². The van der Waals surface area contributed by atoms with E-state index in [1.807, 2.05) is 67.5 Å². The third-order valence-electron chi connectivity index (χ3n) is 4.51. The van der Waals surface area contributed by atoms with Gasteiger partial charge in [0.05, 0.1) is 16.8 Å². The van der Waals surface area contributed by atoms with Crippen molar-refractivity contribution in [2.45, 2.75) is 72.2 Å². The summed E-state index contributed by atoms with van der Waals surface area (Å²) in [6, 6.07) is 3.83. The molecule has 24 heavy (non-hydrogen) atoms. The van der Waals surface area contributed by atoms with Gasteiger partial charge in [0.25, 0.3) is 0 Å². The molecule has 0 saturated carbocycles. The second-order valence-corrected chi connectivity index (χ2v) is 9.43. The van der Waals surface area contributed by atoms with Gasteiger partial charge in [-0.3, -0.25) is 0 Å². The summed E-state index contributed by atoms with van der Waals surface area (Å²) >= 11 is 2.23. The zero-order valence-electron chi connectivity index (χ0n) is 15.7. The SMILES string of the molecule is Cc1c(I)cc(B2OC(C)(C)C(C)(C)O2)cc1C(=O)OC(C)(C)C. The molecule has 132 valence electrons. The summed E-state index contributed by atoms with van der Waals surface area (Å²) in [6.45, 7) is 15.6. The highest BCUT2D eigenvalue weighted by Gasteiger charge is 2.51. The van der Waals surface area contributed by atoms with Gasteiger partial charge in [-0.25, -0.2) is 4.79 Å². The summed E-state index contributed by atoms with van der Waals surface area (Å²) in [5.41, 5.74) is 0.936. The normalized spacial score (nSPS) is 19.5. The molecule has 0 aromatic heterocycles. The summed E-state index contributed by atoms with van der Waals surface area (Å²) in [7, 11) is -0.495. The Balaban J connectivity index is 2.39. The van der Waals surface area contributed by atoms with E-state index in [9.17, 15) is 4.79 Å². The van der Waals surface area contributed by atoms with E-state index in [-0.39, 0.29) is 5.97 Å². The average Bonchev–Trinajstić information content (AvgIpc) is 2.59. The first-order chi connectivity index (χ1) is 10.7. The number of benzene rings is 1. The minimum absolute atomic E-state index is 0.323. The summed E-state index contributed by atoms with van der Waals surface area (Å²) in [4.78, 5) is 12.5. The number of carbonyl (C=O) groups excluding carboxylic acids is 1. The van der Waals surface area contributed by atoms with Gasteiger partial charge in [0, 0.05) is 3.57 Å². The lowest BCUT2D eigenvalue weighted by Gasteiger charge is -2.32. The van der Waals surface area contributed by atoms with Crippen LogP contribution in [0.15, 0.2) is 12.1 Å². The molecule has 1 aromatic carbocycles. The Kier molecular flexibility index (Phi) is 5.17. The van der Waals surface area contributed by atoms with Crippen LogP contribution in [-0.2, 0) is 14.0 Å². The van der Waals surface area contributed by atoms with Gasteiger partial charge in [-0.05, 0) is 101 Å². The van der Waals surface area contributed by atoms with E-state index >= 15 is 0 Å². The minimum Gasteiger partial charge on any atom is -0.456 e. The molecule has 0 unspecified atom stereocenters. The van der Waals surface area contributed by atoms with Crippen LogP contribution in [0.4, 0.5) is 0 Å². The number of hydrogen-bond acceptors (Lipinski definition) is 4. The second kappa shape index (κ2) is 6.29. The highest BCUT2D eigenvalue weighted by atomic mass is 127. The smallest absolute Gasteiger partial charge is 0.456 e. The molecule has 0 N–H and O–H groups in total. The Hall–Kier alpha value is -0.595. The van der Waals surface area contributed by atoms with Crippen LogP contribution in [0, 0.1) is 10.5 Å². The molecule has 0 amide bonds. The molecule has 1 saturated heterocycles. The summed E-state index contributed by atoms with van der Waals surface area (Å²) in [6.07, 6.45) is 0. The third-order valence-corrected chi connectivity index (χ3v) is 5.63. The Morgan fingerprint density at radius 1 is 1.12 bits per heavy atom. The predicted octanol–water partition coefficient (Wildman–Crippen LogP) is 3.85. The number of hydrogen-bond donors (Lipinski definition) is 0. The molecule has 2 rings (SSSR count). The molecular weight excluding hydrogens is 418 g/mol. The van der Waals surface area contributed by atoms with E-state index < -0.39 is 23.9 Å². The lowest BCUT2D eigenvalue weighted by atomic mass is 9.78. The fourth-order valence-electron chi connectivity index (χ4n) is 2.36. The van der Waals surface area contributed by atoms with Crippen molar-refractivity contribution in [1.29, 1.82) is 0 Å². The molecule has 1 aliphatic heterocycles. The van der Waals surface area contributed by atoms with E-state index in [2.05, 4.69) is 22.6 Å². The standard InChI is InChI=1S/C18H26BIO4/c1-11-13(15(21)22-16(2,3)4)9-12(10-14(11)20)19-23-17(5,6)18(7,8)24-19/h9-10H,1-8H3. The van der Waals surface area contributed by atoms with E-state index in [1.165, 1.54) is 0 Å². The molecule has 0 spiro atoms. The molecule has 1 aliphatic rings. The van der Waals surface area contributed by atoms with Crippen LogP contribution in [0.5, 0.6) is 0 Å². The lowest BCUT2D eigenvalue weighted by Crippen LogP contribution is -2.41. The Morgan fingerprint density at radius 2 is 1.62 bits per heavy atom. The molecule has 1 heterocycles. The minimum atomic E-state index is -0.532. The zero-order valence-corrected chi connectivity index (χ0v) is 17.9. The van der Waals surface area contributed by atoms with E-state index in [1.54, 1.807) is 0 Å². The number of esters is 1. The van der Waals surface area contributed by atoms with Crippen molar-refractivity contribution in [2.24, 2.45) is 0 Å². The van der Waals surface area contributed by atoms with Gasteiger partial charge < -0.3 is 14.0 Å². The van der Waals surface area contributed by atoms with Crippen LogP contribution < -0.4 is 5.46 Å². The first kappa shape index (κ1) is 19.7. The van der Waals surface area contributed by atoms with Gasteiger partial charge in [0.2, 0.25) is 0 Å².